The number of piperazine rings is 1. The molecule has 1 fully saturated rings. The predicted molar refractivity (Wildman–Crippen MR) is 124 cm³/mol. The minimum Gasteiger partial charge on any atom is -0.508 e. The van der Waals surface area contributed by atoms with E-state index in [2.05, 4.69) is 20.0 Å². The van der Waals surface area contributed by atoms with Gasteiger partial charge in [-0.3, -0.25) is 14.5 Å². The smallest absolute Gasteiger partial charge is 0.148 e. The fourth-order valence-electron chi connectivity index (χ4n) is 4.28. The van der Waals surface area contributed by atoms with Crippen LogP contribution in [0.2, 0.25) is 5.02 Å². The molecular formula is C22H21ClFN5O2S. The zero-order valence-corrected chi connectivity index (χ0v) is 18.9. The molecule has 1 saturated heterocycles. The Morgan fingerprint density at radius 1 is 1.22 bits per heavy atom. The van der Waals surface area contributed by atoms with Gasteiger partial charge in [0.2, 0.25) is 0 Å². The monoisotopic (exact) mass is 473 g/mol. The number of fused-ring (bicyclic) bond motifs is 2. The van der Waals surface area contributed by atoms with Crippen molar-refractivity contribution in [3.8, 4) is 16.9 Å². The van der Waals surface area contributed by atoms with Crippen molar-refractivity contribution in [2.75, 3.05) is 37.1 Å². The number of thioether (sulfide) groups is 1. The van der Waals surface area contributed by atoms with Crippen molar-refractivity contribution in [2.24, 2.45) is 7.05 Å². The second-order valence-electron chi connectivity index (χ2n) is 7.77. The van der Waals surface area contributed by atoms with Gasteiger partial charge in [0.15, 0.2) is 0 Å². The number of carbonyl (C=O) groups excluding carboxylic acids is 1. The number of aromatic nitrogens is 2. The molecule has 166 valence electrons. The van der Waals surface area contributed by atoms with Crippen LogP contribution in [-0.2, 0) is 11.8 Å². The number of phenolic OH excluding ortho intramolecular Hbond substituents is 1. The van der Waals surface area contributed by atoms with Gasteiger partial charge in [0.25, 0.3) is 0 Å². The van der Waals surface area contributed by atoms with Gasteiger partial charge >= 0.3 is 0 Å². The van der Waals surface area contributed by atoms with Crippen LogP contribution < -0.4 is 5.01 Å². The Bertz CT molecular complexity index is 1240. The Balaban J connectivity index is 1.50. The number of carbonyl (C=O) groups is 1. The van der Waals surface area contributed by atoms with Crippen LogP contribution in [0.1, 0.15) is 0 Å². The number of phenols is 1. The highest BCUT2D eigenvalue weighted by Gasteiger charge is 2.32. The first-order chi connectivity index (χ1) is 15.5. The standard InChI is InChI=1S/C22H21ClFN5O2S/c1-26-12-14-9-15(31)10-16(21(14)25-26)19-17(23)11-18-22(20(19)24)32-13-29(18)28-6-4-27(5-7-28)3-2-8-30/h2-3,8-12,31H,4-7,13H2,1H3. The number of aromatic hydroxyl groups is 1. The normalized spacial score (nSPS) is 17.0. The molecule has 5 rings (SSSR count). The van der Waals surface area contributed by atoms with Crippen molar-refractivity contribution in [3.63, 3.8) is 0 Å². The van der Waals surface area contributed by atoms with E-state index in [0.29, 0.717) is 27.2 Å². The maximum atomic E-state index is 15.8. The average Bonchev–Trinajstić information content (AvgIpc) is 3.35. The third kappa shape index (κ3) is 3.60. The zero-order valence-electron chi connectivity index (χ0n) is 17.3. The highest BCUT2D eigenvalue weighted by Crippen LogP contribution is 2.48. The van der Waals surface area contributed by atoms with Crippen LogP contribution in [0.25, 0.3) is 22.0 Å². The van der Waals surface area contributed by atoms with E-state index in [9.17, 15) is 9.90 Å². The minimum atomic E-state index is -0.398. The molecule has 2 aliphatic heterocycles. The summed E-state index contributed by atoms with van der Waals surface area (Å²) in [6.07, 6.45) is 5.84. The largest absolute Gasteiger partial charge is 0.508 e. The number of allylic oxidation sites excluding steroid dienone is 1. The maximum absolute atomic E-state index is 15.8. The van der Waals surface area contributed by atoms with Crippen molar-refractivity contribution < 1.29 is 14.3 Å². The SMILES string of the molecule is Cn1cc2cc(O)cc(-c3c(Cl)cc4c(c3F)SCN4N3CCN(C=CC=O)CC3)c2n1. The topological polar surface area (TPSA) is 64.8 Å². The molecule has 0 spiro atoms. The van der Waals surface area contributed by atoms with Crippen molar-refractivity contribution in [1.82, 2.24) is 19.7 Å². The first-order valence-corrected chi connectivity index (χ1v) is 11.5. The highest BCUT2D eigenvalue weighted by molar-refractivity contribution is 7.99. The molecule has 0 amide bonds. The lowest BCUT2D eigenvalue weighted by Crippen LogP contribution is -2.52. The van der Waals surface area contributed by atoms with Crippen LogP contribution in [0.3, 0.4) is 0 Å². The van der Waals surface area contributed by atoms with E-state index in [1.54, 1.807) is 36.3 Å². The second kappa shape index (κ2) is 8.31. The second-order valence-corrected chi connectivity index (χ2v) is 9.13. The van der Waals surface area contributed by atoms with E-state index in [4.69, 9.17) is 11.6 Å². The fraction of sp³-hybridized carbons (Fsp3) is 0.273. The fourth-order valence-corrected chi connectivity index (χ4v) is 5.66. The van der Waals surface area contributed by atoms with Gasteiger partial charge in [-0.15, -0.1) is 0 Å². The summed E-state index contributed by atoms with van der Waals surface area (Å²) in [6, 6.07) is 4.91. The van der Waals surface area contributed by atoms with Crippen LogP contribution in [0.4, 0.5) is 10.1 Å². The molecule has 32 heavy (non-hydrogen) atoms. The molecule has 1 N–H and O–H groups in total. The summed E-state index contributed by atoms with van der Waals surface area (Å²) in [4.78, 5) is 13.2. The number of halogens is 2. The van der Waals surface area contributed by atoms with E-state index in [1.165, 1.54) is 23.9 Å². The van der Waals surface area contributed by atoms with Gasteiger partial charge in [0.05, 0.1) is 21.5 Å². The molecule has 10 heteroatoms. The number of hydrogen-bond donors (Lipinski definition) is 1. The molecule has 7 nitrogen and oxygen atoms in total. The van der Waals surface area contributed by atoms with E-state index in [1.807, 2.05) is 0 Å². The Hall–Kier alpha value is -2.75. The molecule has 0 unspecified atom stereocenters. The van der Waals surface area contributed by atoms with Crippen LogP contribution in [-0.4, -0.2) is 63.1 Å². The van der Waals surface area contributed by atoms with Crippen LogP contribution in [0, 0.1) is 5.82 Å². The summed E-state index contributed by atoms with van der Waals surface area (Å²) in [5.74, 6) is 0.229. The molecule has 1 aromatic heterocycles. The zero-order chi connectivity index (χ0) is 22.4. The van der Waals surface area contributed by atoms with Gasteiger partial charge in [-0.2, -0.15) is 5.10 Å². The number of anilines is 1. The number of nitrogens with zero attached hydrogens (tertiary/aromatic N) is 5. The molecule has 0 saturated carbocycles. The molecule has 0 atom stereocenters. The molecule has 0 radical (unpaired) electrons. The van der Waals surface area contributed by atoms with Gasteiger partial charge in [-0.1, -0.05) is 23.4 Å². The molecular weight excluding hydrogens is 453 g/mol. The van der Waals surface area contributed by atoms with Gasteiger partial charge in [0.1, 0.15) is 23.4 Å². The lowest BCUT2D eigenvalue weighted by molar-refractivity contribution is -0.104. The summed E-state index contributed by atoms with van der Waals surface area (Å²) < 4.78 is 17.4. The summed E-state index contributed by atoms with van der Waals surface area (Å²) >= 11 is 8.06. The molecule has 2 aliphatic rings. The number of aldehydes is 1. The lowest BCUT2D eigenvalue weighted by Gasteiger charge is -2.40. The van der Waals surface area contributed by atoms with Crippen LogP contribution >= 0.6 is 23.4 Å². The Morgan fingerprint density at radius 2 is 2.00 bits per heavy atom. The molecule has 3 heterocycles. The van der Waals surface area contributed by atoms with E-state index < -0.39 is 5.82 Å². The number of hydrogen-bond acceptors (Lipinski definition) is 7. The predicted octanol–water partition coefficient (Wildman–Crippen LogP) is 3.85. The summed E-state index contributed by atoms with van der Waals surface area (Å²) in [7, 11) is 1.78. The number of hydrazine groups is 1. The first-order valence-electron chi connectivity index (χ1n) is 10.2. The Morgan fingerprint density at radius 3 is 2.75 bits per heavy atom. The number of benzene rings is 2. The van der Waals surface area contributed by atoms with Gasteiger partial charge in [-0.25, -0.2) is 9.40 Å². The number of rotatable bonds is 4. The summed E-state index contributed by atoms with van der Waals surface area (Å²) in [5.41, 5.74) is 2.06. The minimum absolute atomic E-state index is 0.0345. The van der Waals surface area contributed by atoms with Crippen LogP contribution in [0.5, 0.6) is 5.75 Å². The van der Waals surface area contributed by atoms with Crippen molar-refractivity contribution in [2.45, 2.75) is 4.90 Å². The van der Waals surface area contributed by atoms with Crippen molar-refractivity contribution in [1.29, 1.82) is 0 Å². The van der Waals surface area contributed by atoms with Crippen LogP contribution in [0.15, 0.2) is 41.6 Å². The van der Waals surface area contributed by atoms with Gasteiger partial charge in [-0.05, 0) is 24.3 Å². The van der Waals surface area contributed by atoms with Crippen molar-refractivity contribution in [3.05, 3.63) is 47.5 Å². The third-order valence-electron chi connectivity index (χ3n) is 5.75. The average molecular weight is 474 g/mol. The van der Waals surface area contributed by atoms with Gasteiger partial charge < -0.3 is 10.0 Å². The Labute approximate surface area is 193 Å². The van der Waals surface area contributed by atoms with Gasteiger partial charge in [0, 0.05) is 62.1 Å². The molecule has 3 aromatic rings. The quantitative estimate of drug-likeness (QED) is 0.456. The molecule has 0 bridgehead atoms. The highest BCUT2D eigenvalue weighted by atomic mass is 35.5. The maximum Gasteiger partial charge on any atom is 0.148 e. The van der Waals surface area contributed by atoms with Crippen molar-refractivity contribution >= 4 is 46.2 Å². The third-order valence-corrected chi connectivity index (χ3v) is 7.10. The lowest BCUT2D eigenvalue weighted by atomic mass is 10.0. The Kier molecular flexibility index (Phi) is 5.48. The van der Waals surface area contributed by atoms with E-state index >= 15 is 4.39 Å². The molecule has 2 aromatic carbocycles. The molecule has 0 aliphatic carbocycles. The summed E-state index contributed by atoms with van der Waals surface area (Å²) in [5, 5.41) is 19.9. The van der Waals surface area contributed by atoms with E-state index in [-0.39, 0.29) is 16.3 Å². The first kappa shape index (κ1) is 21.1. The van der Waals surface area contributed by atoms with E-state index in [0.717, 1.165) is 38.2 Å². The summed E-state index contributed by atoms with van der Waals surface area (Å²) in [6.45, 7) is 3.06. The number of aryl methyl sites for hydroxylation is 1.